The predicted octanol–water partition coefficient (Wildman–Crippen LogP) is 3.79. The van der Waals surface area contributed by atoms with Gasteiger partial charge in [0.05, 0.1) is 12.8 Å². The average molecular weight is 360 g/mol. The molecule has 0 aliphatic carbocycles. The Balaban J connectivity index is 1.62. The Morgan fingerprint density at radius 3 is 2.15 bits per heavy atom. The summed E-state index contributed by atoms with van der Waals surface area (Å²) >= 11 is 0. The van der Waals surface area contributed by atoms with E-state index < -0.39 is 0 Å². The Morgan fingerprint density at radius 2 is 1.48 bits per heavy atom. The van der Waals surface area contributed by atoms with Crippen molar-refractivity contribution in [3.8, 4) is 16.9 Å². The molecule has 2 heterocycles. The predicted molar refractivity (Wildman–Crippen MR) is 110 cm³/mol. The molecule has 0 spiro atoms. The molecule has 0 amide bonds. The highest BCUT2D eigenvalue weighted by atomic mass is 16.5. The number of anilines is 2. The Morgan fingerprint density at radius 1 is 0.815 bits per heavy atom. The van der Waals surface area contributed by atoms with Crippen LogP contribution in [0.25, 0.3) is 11.1 Å². The van der Waals surface area contributed by atoms with Crippen molar-refractivity contribution in [1.29, 1.82) is 0 Å². The SMILES string of the molecule is COc1ccc(-c2ccccc2)c(C)c1N1CCN(c2ncccn2)CC1. The molecule has 4 rings (SSSR count). The topological polar surface area (TPSA) is 41.5 Å². The number of benzene rings is 2. The molecule has 1 fully saturated rings. The van der Waals surface area contributed by atoms with Crippen molar-refractivity contribution in [2.24, 2.45) is 0 Å². The second-order valence-electron chi connectivity index (χ2n) is 6.68. The molecule has 1 aliphatic rings. The second kappa shape index (κ2) is 7.66. The van der Waals surface area contributed by atoms with Gasteiger partial charge in [0, 0.05) is 38.6 Å². The van der Waals surface area contributed by atoms with Crippen LogP contribution in [-0.2, 0) is 0 Å². The van der Waals surface area contributed by atoms with Gasteiger partial charge in [0.25, 0.3) is 0 Å². The van der Waals surface area contributed by atoms with Crippen LogP contribution in [0.4, 0.5) is 11.6 Å². The normalized spacial score (nSPS) is 14.3. The highest BCUT2D eigenvalue weighted by molar-refractivity contribution is 5.78. The zero-order valence-corrected chi connectivity index (χ0v) is 15.8. The van der Waals surface area contributed by atoms with Gasteiger partial charge in [-0.25, -0.2) is 9.97 Å². The Kier molecular flexibility index (Phi) is 4.92. The van der Waals surface area contributed by atoms with Crippen LogP contribution in [0.15, 0.2) is 60.9 Å². The maximum Gasteiger partial charge on any atom is 0.225 e. The number of ether oxygens (including phenoxy) is 1. The van der Waals surface area contributed by atoms with Crippen molar-refractivity contribution >= 4 is 11.6 Å². The molecule has 0 unspecified atom stereocenters. The van der Waals surface area contributed by atoms with Gasteiger partial charge in [0.1, 0.15) is 5.75 Å². The average Bonchev–Trinajstić information content (AvgIpc) is 2.75. The van der Waals surface area contributed by atoms with E-state index in [9.17, 15) is 0 Å². The molecular formula is C22H24N4O. The number of piperazine rings is 1. The number of hydrogen-bond donors (Lipinski definition) is 0. The molecule has 0 N–H and O–H groups in total. The van der Waals surface area contributed by atoms with Crippen LogP contribution in [0.1, 0.15) is 5.56 Å². The molecule has 3 aromatic rings. The fraction of sp³-hybridized carbons (Fsp3) is 0.273. The van der Waals surface area contributed by atoms with Gasteiger partial charge in [-0.2, -0.15) is 0 Å². The molecule has 138 valence electrons. The minimum absolute atomic E-state index is 0.805. The molecule has 0 atom stereocenters. The Labute approximate surface area is 160 Å². The van der Waals surface area contributed by atoms with E-state index in [0.717, 1.165) is 37.9 Å². The van der Waals surface area contributed by atoms with E-state index in [1.165, 1.54) is 22.4 Å². The number of nitrogens with zero attached hydrogens (tertiary/aromatic N) is 4. The first-order valence-electron chi connectivity index (χ1n) is 9.28. The third kappa shape index (κ3) is 3.45. The van der Waals surface area contributed by atoms with Crippen LogP contribution in [0.3, 0.4) is 0 Å². The number of hydrogen-bond acceptors (Lipinski definition) is 5. The maximum atomic E-state index is 5.70. The smallest absolute Gasteiger partial charge is 0.225 e. The van der Waals surface area contributed by atoms with E-state index in [4.69, 9.17) is 4.74 Å². The summed E-state index contributed by atoms with van der Waals surface area (Å²) in [6.45, 7) is 5.79. The summed E-state index contributed by atoms with van der Waals surface area (Å²) in [7, 11) is 1.74. The summed E-state index contributed by atoms with van der Waals surface area (Å²) in [5.41, 5.74) is 4.92. The van der Waals surface area contributed by atoms with Crippen molar-refractivity contribution in [3.05, 3.63) is 66.5 Å². The minimum atomic E-state index is 0.805. The fourth-order valence-electron chi connectivity index (χ4n) is 3.75. The number of aromatic nitrogens is 2. The third-order valence-corrected chi connectivity index (χ3v) is 5.13. The number of methoxy groups -OCH3 is 1. The summed E-state index contributed by atoms with van der Waals surface area (Å²) in [5.74, 6) is 1.73. The van der Waals surface area contributed by atoms with E-state index >= 15 is 0 Å². The van der Waals surface area contributed by atoms with Crippen LogP contribution >= 0.6 is 0 Å². The van der Waals surface area contributed by atoms with Gasteiger partial charge in [-0.05, 0) is 35.7 Å². The first kappa shape index (κ1) is 17.3. The Bertz CT molecular complexity index is 891. The summed E-state index contributed by atoms with van der Waals surface area (Å²) in [5, 5.41) is 0. The lowest BCUT2D eigenvalue weighted by Gasteiger charge is -2.37. The number of rotatable bonds is 4. The lowest BCUT2D eigenvalue weighted by Crippen LogP contribution is -2.47. The van der Waals surface area contributed by atoms with Gasteiger partial charge in [0.15, 0.2) is 0 Å². The molecule has 0 bridgehead atoms. The summed E-state index contributed by atoms with van der Waals surface area (Å²) < 4.78 is 5.70. The third-order valence-electron chi connectivity index (χ3n) is 5.13. The fourth-order valence-corrected chi connectivity index (χ4v) is 3.75. The van der Waals surface area contributed by atoms with Crippen LogP contribution in [0, 0.1) is 6.92 Å². The van der Waals surface area contributed by atoms with Gasteiger partial charge in [0.2, 0.25) is 5.95 Å². The highest BCUT2D eigenvalue weighted by Crippen LogP contribution is 2.38. The molecule has 1 aromatic heterocycles. The van der Waals surface area contributed by atoms with Gasteiger partial charge in [-0.15, -0.1) is 0 Å². The van der Waals surface area contributed by atoms with Crippen molar-refractivity contribution in [1.82, 2.24) is 9.97 Å². The molecule has 1 saturated heterocycles. The van der Waals surface area contributed by atoms with Gasteiger partial charge >= 0.3 is 0 Å². The molecule has 5 heteroatoms. The molecule has 1 aliphatic heterocycles. The summed E-state index contributed by atoms with van der Waals surface area (Å²) in [6.07, 6.45) is 3.59. The van der Waals surface area contributed by atoms with E-state index in [0.29, 0.717) is 0 Å². The van der Waals surface area contributed by atoms with Crippen molar-refractivity contribution in [2.45, 2.75) is 6.92 Å². The first-order valence-corrected chi connectivity index (χ1v) is 9.28. The van der Waals surface area contributed by atoms with Gasteiger partial charge in [-0.1, -0.05) is 36.4 Å². The monoisotopic (exact) mass is 360 g/mol. The van der Waals surface area contributed by atoms with Crippen LogP contribution < -0.4 is 14.5 Å². The zero-order chi connectivity index (χ0) is 18.6. The van der Waals surface area contributed by atoms with Crippen molar-refractivity contribution in [2.75, 3.05) is 43.1 Å². The highest BCUT2D eigenvalue weighted by Gasteiger charge is 2.23. The van der Waals surface area contributed by atoms with Crippen LogP contribution in [-0.4, -0.2) is 43.3 Å². The largest absolute Gasteiger partial charge is 0.495 e. The Hall–Kier alpha value is -3.08. The zero-order valence-electron chi connectivity index (χ0n) is 15.8. The van der Waals surface area contributed by atoms with E-state index in [1.54, 1.807) is 19.5 Å². The second-order valence-corrected chi connectivity index (χ2v) is 6.68. The molecule has 2 aromatic carbocycles. The molecule has 27 heavy (non-hydrogen) atoms. The van der Waals surface area contributed by atoms with E-state index in [-0.39, 0.29) is 0 Å². The maximum absolute atomic E-state index is 5.70. The standard InChI is InChI=1S/C22H24N4O/c1-17-19(18-7-4-3-5-8-18)9-10-20(27-2)21(17)25-13-15-26(16-14-25)22-23-11-6-12-24-22/h3-12H,13-16H2,1-2H3. The van der Waals surface area contributed by atoms with Crippen LogP contribution in [0.5, 0.6) is 5.75 Å². The first-order chi connectivity index (χ1) is 13.3. The molecule has 5 nitrogen and oxygen atoms in total. The van der Waals surface area contributed by atoms with Gasteiger partial charge in [-0.3, -0.25) is 0 Å². The molecule has 0 radical (unpaired) electrons. The van der Waals surface area contributed by atoms with E-state index in [1.807, 2.05) is 12.1 Å². The molecular weight excluding hydrogens is 336 g/mol. The van der Waals surface area contributed by atoms with Crippen LogP contribution in [0.2, 0.25) is 0 Å². The lowest BCUT2D eigenvalue weighted by atomic mass is 9.97. The van der Waals surface area contributed by atoms with Crippen molar-refractivity contribution < 1.29 is 4.74 Å². The minimum Gasteiger partial charge on any atom is -0.495 e. The summed E-state index contributed by atoms with van der Waals surface area (Å²) in [4.78, 5) is 13.4. The summed E-state index contributed by atoms with van der Waals surface area (Å²) in [6, 6.07) is 16.6. The molecule has 0 saturated carbocycles. The lowest BCUT2D eigenvalue weighted by molar-refractivity contribution is 0.413. The van der Waals surface area contributed by atoms with E-state index in [2.05, 4.69) is 63.1 Å². The quantitative estimate of drug-likeness (QED) is 0.708. The van der Waals surface area contributed by atoms with Gasteiger partial charge < -0.3 is 14.5 Å². The van der Waals surface area contributed by atoms with Crippen molar-refractivity contribution in [3.63, 3.8) is 0 Å².